The molecule has 0 aromatic carbocycles. The monoisotopic (exact) mass is 290 g/mol. The first-order valence-electron chi connectivity index (χ1n) is 5.52. The maximum absolute atomic E-state index is 11.8. The van der Waals surface area contributed by atoms with Crippen molar-refractivity contribution in [1.29, 1.82) is 0 Å². The van der Waals surface area contributed by atoms with Crippen molar-refractivity contribution in [2.75, 3.05) is 5.73 Å². The van der Waals surface area contributed by atoms with E-state index in [-0.39, 0.29) is 5.56 Å². The third-order valence-corrected chi connectivity index (χ3v) is 4.27. The Hall–Kier alpha value is -1.86. The molecule has 0 atom stereocenters. The van der Waals surface area contributed by atoms with Crippen LogP contribution < -0.4 is 11.3 Å². The third kappa shape index (κ3) is 2.61. The molecule has 0 unspecified atom stereocenters. The summed E-state index contributed by atoms with van der Waals surface area (Å²) in [5.41, 5.74) is 6.26. The van der Waals surface area contributed by atoms with Crippen LogP contribution >= 0.6 is 23.1 Å². The smallest absolute Gasteiger partial charge is 0.258 e. The van der Waals surface area contributed by atoms with Gasteiger partial charge in [0, 0.05) is 34.5 Å². The third-order valence-electron chi connectivity index (χ3n) is 2.50. The summed E-state index contributed by atoms with van der Waals surface area (Å²) in [6.07, 6.45) is 3.45. The Labute approximate surface area is 117 Å². The summed E-state index contributed by atoms with van der Waals surface area (Å²) in [5, 5.41) is 1.85. The van der Waals surface area contributed by atoms with Gasteiger partial charge >= 0.3 is 0 Å². The molecule has 3 aromatic rings. The van der Waals surface area contributed by atoms with Crippen LogP contribution in [0.2, 0.25) is 0 Å². The lowest BCUT2D eigenvalue weighted by molar-refractivity contribution is 1.04. The first-order chi connectivity index (χ1) is 9.22. The molecular weight excluding hydrogens is 280 g/mol. The highest BCUT2D eigenvalue weighted by Gasteiger charge is 2.04. The zero-order valence-electron chi connectivity index (χ0n) is 9.81. The van der Waals surface area contributed by atoms with Crippen LogP contribution in [-0.2, 0) is 5.75 Å². The molecule has 0 spiro atoms. The first-order valence-corrected chi connectivity index (χ1v) is 7.39. The van der Waals surface area contributed by atoms with Crippen molar-refractivity contribution >= 4 is 33.9 Å². The fourth-order valence-electron chi connectivity index (χ4n) is 1.60. The van der Waals surface area contributed by atoms with Gasteiger partial charge in [-0.25, -0.2) is 9.97 Å². The van der Waals surface area contributed by atoms with E-state index in [1.54, 1.807) is 40.7 Å². The summed E-state index contributed by atoms with van der Waals surface area (Å²) in [4.78, 5) is 22.0. The average Bonchev–Trinajstić information content (AvgIpc) is 2.87. The van der Waals surface area contributed by atoms with Crippen molar-refractivity contribution in [2.45, 2.75) is 10.6 Å². The number of hydrogen-bond acceptors (Lipinski definition) is 6. The molecule has 0 radical (unpaired) electrons. The predicted molar refractivity (Wildman–Crippen MR) is 77.5 cm³/mol. The molecule has 0 aliphatic carbocycles. The summed E-state index contributed by atoms with van der Waals surface area (Å²) in [5.74, 6) is 1.13. The Morgan fingerprint density at radius 1 is 1.42 bits per heavy atom. The van der Waals surface area contributed by atoms with Crippen molar-refractivity contribution in [1.82, 2.24) is 14.4 Å². The molecule has 19 heavy (non-hydrogen) atoms. The molecule has 0 bridgehead atoms. The lowest BCUT2D eigenvalue weighted by Crippen LogP contribution is -2.12. The van der Waals surface area contributed by atoms with Gasteiger partial charge in [0.15, 0.2) is 4.96 Å². The maximum atomic E-state index is 11.8. The first kappa shape index (κ1) is 12.2. The van der Waals surface area contributed by atoms with Gasteiger partial charge in [-0.05, 0) is 12.1 Å². The highest BCUT2D eigenvalue weighted by atomic mass is 32.2. The van der Waals surface area contributed by atoms with Gasteiger partial charge in [0.2, 0.25) is 0 Å². The van der Waals surface area contributed by atoms with Gasteiger partial charge in [0.25, 0.3) is 5.56 Å². The molecule has 0 aliphatic heterocycles. The molecule has 3 heterocycles. The van der Waals surface area contributed by atoms with Gasteiger partial charge in [-0.3, -0.25) is 9.20 Å². The van der Waals surface area contributed by atoms with Gasteiger partial charge in [0.05, 0.1) is 5.69 Å². The minimum absolute atomic E-state index is 0.0442. The number of nitrogen functional groups attached to an aromatic ring is 1. The molecule has 2 N–H and O–H groups in total. The van der Waals surface area contributed by atoms with Gasteiger partial charge in [-0.15, -0.1) is 23.1 Å². The second-order valence-electron chi connectivity index (χ2n) is 3.85. The summed E-state index contributed by atoms with van der Waals surface area (Å²) >= 11 is 3.03. The van der Waals surface area contributed by atoms with Crippen molar-refractivity contribution < 1.29 is 0 Å². The molecule has 0 saturated carbocycles. The summed E-state index contributed by atoms with van der Waals surface area (Å²) in [6, 6.07) is 5.23. The number of rotatable bonds is 3. The number of thioether (sulfide) groups is 1. The van der Waals surface area contributed by atoms with Crippen LogP contribution in [0.25, 0.3) is 4.96 Å². The Morgan fingerprint density at radius 3 is 3.11 bits per heavy atom. The van der Waals surface area contributed by atoms with E-state index in [9.17, 15) is 4.79 Å². The van der Waals surface area contributed by atoms with Crippen LogP contribution in [0.5, 0.6) is 0 Å². The second kappa shape index (κ2) is 5.02. The zero-order chi connectivity index (χ0) is 13.2. The number of nitrogens with zero attached hydrogens (tertiary/aromatic N) is 3. The molecular formula is C12H10N4OS2. The highest BCUT2D eigenvalue weighted by molar-refractivity contribution is 7.98. The van der Waals surface area contributed by atoms with E-state index in [4.69, 9.17) is 5.73 Å². The van der Waals surface area contributed by atoms with Gasteiger partial charge < -0.3 is 5.73 Å². The minimum Gasteiger partial charge on any atom is -0.384 e. The van der Waals surface area contributed by atoms with Crippen molar-refractivity contribution in [3.63, 3.8) is 0 Å². The number of pyridine rings is 1. The molecule has 3 aromatic heterocycles. The number of aromatic nitrogens is 3. The quantitative estimate of drug-likeness (QED) is 0.747. The molecule has 0 saturated heterocycles. The zero-order valence-corrected chi connectivity index (χ0v) is 11.4. The minimum atomic E-state index is -0.0442. The average molecular weight is 290 g/mol. The van der Waals surface area contributed by atoms with E-state index in [0.717, 1.165) is 15.6 Å². The topological polar surface area (TPSA) is 73.3 Å². The van der Waals surface area contributed by atoms with E-state index in [0.29, 0.717) is 11.6 Å². The van der Waals surface area contributed by atoms with Crippen molar-refractivity contribution in [2.24, 2.45) is 0 Å². The number of thiazole rings is 1. The fraction of sp³-hybridized carbons (Fsp3) is 0.0833. The summed E-state index contributed by atoms with van der Waals surface area (Å²) < 4.78 is 1.55. The Kier molecular flexibility index (Phi) is 3.22. The Balaban J connectivity index is 1.81. The number of anilines is 1. The molecule has 0 fully saturated rings. The molecule has 96 valence electrons. The van der Waals surface area contributed by atoms with Crippen molar-refractivity contribution in [3.8, 4) is 0 Å². The van der Waals surface area contributed by atoms with E-state index in [1.807, 2.05) is 11.4 Å². The lowest BCUT2D eigenvalue weighted by atomic mass is 10.4. The van der Waals surface area contributed by atoms with Crippen LogP contribution in [0.3, 0.4) is 0 Å². The standard InChI is InChI=1S/C12H10N4OS2/c13-10-2-1-9(6-14-10)19-7-8-5-11(17)16-3-4-18-12(16)15-8/h1-6H,7H2,(H2,13,14). The normalized spacial score (nSPS) is 10.9. The largest absolute Gasteiger partial charge is 0.384 e. The van der Waals surface area contributed by atoms with Crippen molar-refractivity contribution in [3.05, 3.63) is 52.0 Å². The molecule has 3 rings (SSSR count). The van der Waals surface area contributed by atoms with Gasteiger partial charge in [-0.2, -0.15) is 0 Å². The molecule has 5 nitrogen and oxygen atoms in total. The van der Waals surface area contributed by atoms with Gasteiger partial charge in [0.1, 0.15) is 5.82 Å². The lowest BCUT2D eigenvalue weighted by Gasteiger charge is -2.01. The molecule has 0 aliphatic rings. The van der Waals surface area contributed by atoms with Crippen LogP contribution in [0, 0.1) is 0 Å². The van der Waals surface area contributed by atoms with E-state index in [1.165, 1.54) is 11.3 Å². The number of nitrogens with two attached hydrogens (primary N) is 1. The highest BCUT2D eigenvalue weighted by Crippen LogP contribution is 2.21. The summed E-state index contributed by atoms with van der Waals surface area (Å²) in [6.45, 7) is 0. The predicted octanol–water partition coefficient (Wildman–Crippen LogP) is 2.03. The SMILES string of the molecule is Nc1ccc(SCc2cc(=O)n3ccsc3n2)cn1. The molecule has 0 amide bonds. The fourth-order valence-corrected chi connectivity index (χ4v) is 3.09. The van der Waals surface area contributed by atoms with E-state index < -0.39 is 0 Å². The van der Waals surface area contributed by atoms with Crippen LogP contribution in [0.4, 0.5) is 5.82 Å². The Morgan fingerprint density at radius 2 is 2.32 bits per heavy atom. The van der Waals surface area contributed by atoms with E-state index in [2.05, 4.69) is 9.97 Å². The second-order valence-corrected chi connectivity index (χ2v) is 5.77. The van der Waals surface area contributed by atoms with Crippen LogP contribution in [0.1, 0.15) is 5.69 Å². The number of hydrogen-bond donors (Lipinski definition) is 1. The molecule has 7 heteroatoms. The maximum Gasteiger partial charge on any atom is 0.258 e. The van der Waals surface area contributed by atoms with Crippen LogP contribution in [0.15, 0.2) is 45.7 Å². The number of fused-ring (bicyclic) bond motifs is 1. The summed E-state index contributed by atoms with van der Waals surface area (Å²) in [7, 11) is 0. The van der Waals surface area contributed by atoms with Crippen LogP contribution in [-0.4, -0.2) is 14.4 Å². The Bertz CT molecular complexity index is 763. The van der Waals surface area contributed by atoms with E-state index >= 15 is 0 Å². The van der Waals surface area contributed by atoms with Gasteiger partial charge in [-0.1, -0.05) is 0 Å².